The van der Waals surface area contributed by atoms with Gasteiger partial charge in [0.05, 0.1) is 0 Å². The Morgan fingerprint density at radius 3 is 1.71 bits per heavy atom. The zero-order valence-electron chi connectivity index (χ0n) is 21.8. The summed E-state index contributed by atoms with van der Waals surface area (Å²) in [5.74, 6) is 0. The summed E-state index contributed by atoms with van der Waals surface area (Å²) in [6.45, 7) is 13.9. The molecule has 0 unspecified atom stereocenters. The van der Waals surface area contributed by atoms with E-state index in [1.807, 2.05) is 0 Å². The highest BCUT2D eigenvalue weighted by Gasteiger charge is 2.34. The zero-order chi connectivity index (χ0) is 24.8. The summed E-state index contributed by atoms with van der Waals surface area (Å²) in [5.41, 5.74) is 2.70. The lowest BCUT2D eigenvalue weighted by atomic mass is 9.80. The van der Waals surface area contributed by atoms with Gasteiger partial charge in [-0.15, -0.1) is 0 Å². The Morgan fingerprint density at radius 2 is 1.14 bits per heavy atom. The highest BCUT2D eigenvalue weighted by molar-refractivity contribution is 5.87. The molecule has 35 heavy (non-hydrogen) atoms. The van der Waals surface area contributed by atoms with E-state index in [0.29, 0.717) is 0 Å². The number of benzene rings is 4. The molecule has 1 aromatic heterocycles. The van der Waals surface area contributed by atoms with Gasteiger partial charge >= 0.3 is 0 Å². The molecule has 0 fully saturated rings. The molecule has 0 amide bonds. The van der Waals surface area contributed by atoms with E-state index in [1.165, 1.54) is 32.7 Å². The fourth-order valence-corrected chi connectivity index (χ4v) is 5.68. The lowest BCUT2D eigenvalue weighted by Crippen LogP contribution is -2.46. The van der Waals surface area contributed by atoms with E-state index in [4.69, 9.17) is 0 Å². The smallest absolute Gasteiger partial charge is 0.204 e. The maximum atomic E-state index is 3.79. The van der Waals surface area contributed by atoms with Gasteiger partial charge in [0.25, 0.3) is 0 Å². The number of rotatable bonds is 4. The minimum Gasteiger partial charge on any atom is -0.344 e. The van der Waals surface area contributed by atoms with Gasteiger partial charge in [-0.25, -0.2) is 0 Å². The van der Waals surface area contributed by atoms with Crippen molar-refractivity contribution in [1.29, 1.82) is 0 Å². The number of imidazole rings is 1. The van der Waals surface area contributed by atoms with Gasteiger partial charge < -0.3 is 9.13 Å². The molecule has 5 rings (SSSR count). The Balaban J connectivity index is 1.67. The molecule has 0 aliphatic rings. The molecule has 0 radical (unpaired) electrons. The van der Waals surface area contributed by atoms with Crippen LogP contribution in [0.5, 0.6) is 0 Å². The fourth-order valence-electron chi connectivity index (χ4n) is 5.68. The van der Waals surface area contributed by atoms with Gasteiger partial charge in [0.2, 0.25) is 6.33 Å². The molecular formula is C33H36N2. The molecule has 0 saturated heterocycles. The number of hydrogen-bond acceptors (Lipinski definition) is 0. The number of fused-ring (bicyclic) bond motifs is 2. The molecule has 4 aromatic carbocycles. The maximum absolute atomic E-state index is 3.79. The van der Waals surface area contributed by atoms with Crippen LogP contribution >= 0.6 is 0 Å². The van der Waals surface area contributed by atoms with Gasteiger partial charge in [-0.3, -0.25) is 0 Å². The van der Waals surface area contributed by atoms with Crippen LogP contribution in [0, 0.1) is 17.2 Å². The van der Waals surface area contributed by atoms with Crippen molar-refractivity contribution in [2.24, 2.45) is 10.8 Å². The largest absolute Gasteiger partial charge is 0.344 e. The van der Waals surface area contributed by atoms with Gasteiger partial charge in [0, 0.05) is 22.0 Å². The SMILES string of the molecule is CC(C)(C)[C@@H](c1cccc2ccccc12)n1[c-][n+]([C@H](c2cccc3ccccc23)C(C)(C)C)cc1. The van der Waals surface area contributed by atoms with Crippen molar-refractivity contribution in [3.8, 4) is 0 Å². The molecule has 0 bridgehead atoms. The van der Waals surface area contributed by atoms with E-state index in [0.717, 1.165) is 0 Å². The number of aromatic nitrogens is 2. The fraction of sp³-hybridized carbons (Fsp3) is 0.303. The molecular weight excluding hydrogens is 424 g/mol. The predicted molar refractivity (Wildman–Crippen MR) is 147 cm³/mol. The molecule has 2 nitrogen and oxygen atoms in total. The second kappa shape index (κ2) is 8.68. The van der Waals surface area contributed by atoms with Gasteiger partial charge in [-0.2, -0.15) is 0 Å². The topological polar surface area (TPSA) is 8.81 Å². The monoisotopic (exact) mass is 460 g/mol. The predicted octanol–water partition coefficient (Wildman–Crippen LogP) is 8.15. The van der Waals surface area contributed by atoms with E-state index < -0.39 is 0 Å². The molecule has 0 aliphatic heterocycles. The lowest BCUT2D eigenvalue weighted by Gasteiger charge is -2.33. The maximum Gasteiger partial charge on any atom is 0.204 e. The minimum atomic E-state index is 0.00808. The first kappa shape index (κ1) is 23.4. The van der Waals surface area contributed by atoms with Crippen LogP contribution in [-0.4, -0.2) is 4.57 Å². The molecule has 0 N–H and O–H groups in total. The average molecular weight is 461 g/mol. The normalized spacial score (nSPS) is 14.3. The van der Waals surface area contributed by atoms with Crippen LogP contribution in [0.25, 0.3) is 21.5 Å². The highest BCUT2D eigenvalue weighted by atomic mass is 15.2. The van der Waals surface area contributed by atoms with E-state index in [2.05, 4.69) is 154 Å². The molecule has 0 spiro atoms. The summed E-state index contributed by atoms with van der Waals surface area (Å²) in [6.07, 6.45) is 8.21. The molecule has 2 atom stereocenters. The summed E-state index contributed by atoms with van der Waals surface area (Å²) in [6, 6.07) is 31.1. The van der Waals surface area contributed by atoms with E-state index in [1.54, 1.807) is 0 Å². The Morgan fingerprint density at radius 1 is 0.629 bits per heavy atom. The Hall–Kier alpha value is -3.39. The average Bonchev–Trinajstić information content (AvgIpc) is 3.26. The first-order valence-corrected chi connectivity index (χ1v) is 12.6. The summed E-state index contributed by atoms with van der Waals surface area (Å²) in [4.78, 5) is 0. The quantitative estimate of drug-likeness (QED) is 0.189. The van der Waals surface area contributed by atoms with Crippen molar-refractivity contribution in [3.05, 3.63) is 115 Å². The van der Waals surface area contributed by atoms with Crippen LogP contribution in [0.2, 0.25) is 0 Å². The van der Waals surface area contributed by atoms with E-state index >= 15 is 0 Å². The summed E-state index contributed by atoms with van der Waals surface area (Å²) in [7, 11) is 0. The Bertz CT molecular complexity index is 1350. The summed E-state index contributed by atoms with van der Waals surface area (Å²) in [5, 5.41) is 5.18. The van der Waals surface area contributed by atoms with Crippen LogP contribution in [0.4, 0.5) is 0 Å². The molecule has 2 heteroatoms. The van der Waals surface area contributed by atoms with Crippen LogP contribution in [-0.2, 0) is 0 Å². The Kier molecular flexibility index (Phi) is 5.79. The molecule has 178 valence electrons. The van der Waals surface area contributed by atoms with Crippen molar-refractivity contribution in [2.75, 3.05) is 0 Å². The minimum absolute atomic E-state index is 0.00808. The molecule has 0 saturated carbocycles. The second-order valence-electron chi connectivity index (χ2n) is 11.9. The van der Waals surface area contributed by atoms with Crippen molar-refractivity contribution >= 4 is 21.5 Å². The second-order valence-corrected chi connectivity index (χ2v) is 11.9. The molecule has 0 aliphatic carbocycles. The Labute approximate surface area is 209 Å². The first-order chi connectivity index (χ1) is 16.6. The third-order valence-electron chi connectivity index (χ3n) is 7.05. The van der Waals surface area contributed by atoms with Crippen LogP contribution in [0.15, 0.2) is 97.3 Å². The van der Waals surface area contributed by atoms with E-state index in [9.17, 15) is 0 Å². The molecule has 5 aromatic rings. The van der Waals surface area contributed by atoms with Gasteiger partial charge in [0.15, 0.2) is 0 Å². The summed E-state index contributed by atoms with van der Waals surface area (Å²) < 4.78 is 4.59. The number of nitrogens with zero attached hydrogens (tertiary/aromatic N) is 2. The summed E-state index contributed by atoms with van der Waals surface area (Å²) >= 11 is 0. The van der Waals surface area contributed by atoms with Crippen molar-refractivity contribution in [3.63, 3.8) is 0 Å². The van der Waals surface area contributed by atoms with Gasteiger partial charge in [0.1, 0.15) is 12.1 Å². The van der Waals surface area contributed by atoms with Gasteiger partial charge in [-0.05, 0) is 33.9 Å². The third-order valence-corrected chi connectivity index (χ3v) is 7.05. The highest BCUT2D eigenvalue weighted by Crippen LogP contribution is 2.40. The van der Waals surface area contributed by atoms with Crippen LogP contribution in [0.3, 0.4) is 0 Å². The van der Waals surface area contributed by atoms with Crippen molar-refractivity contribution in [2.45, 2.75) is 53.6 Å². The molecule has 1 heterocycles. The first-order valence-electron chi connectivity index (χ1n) is 12.6. The van der Waals surface area contributed by atoms with Crippen LogP contribution < -0.4 is 4.57 Å². The number of hydrogen-bond donors (Lipinski definition) is 0. The third kappa shape index (κ3) is 4.38. The van der Waals surface area contributed by atoms with Crippen molar-refractivity contribution < 1.29 is 4.57 Å². The van der Waals surface area contributed by atoms with Crippen molar-refractivity contribution in [1.82, 2.24) is 4.57 Å². The lowest BCUT2D eigenvalue weighted by molar-refractivity contribution is -0.729. The standard InChI is InChI=1S/C33H36N2/c1-32(2,3)30(28-19-11-15-24-13-7-9-17-26(24)28)34-21-22-35(23-34)31(33(4,5)6)29-20-12-16-25-14-8-10-18-27(25)29/h7-22,30-31H,1-6H3/t30-,31-/m1/s1. The van der Waals surface area contributed by atoms with E-state index in [-0.39, 0.29) is 22.9 Å². The van der Waals surface area contributed by atoms with Gasteiger partial charge in [-0.1, -0.05) is 126 Å². The zero-order valence-corrected chi connectivity index (χ0v) is 21.8. The van der Waals surface area contributed by atoms with Crippen LogP contribution in [0.1, 0.15) is 64.8 Å².